The van der Waals surface area contributed by atoms with E-state index in [-0.39, 0.29) is 16.6 Å². The van der Waals surface area contributed by atoms with E-state index in [0.29, 0.717) is 7.18 Å². The minimum absolute atomic E-state index is 0.0546. The molecule has 1 aromatic carbocycles. The maximum atomic E-state index is 12.8. The fourth-order valence-electron chi connectivity index (χ4n) is 1.72. The van der Waals surface area contributed by atoms with Crippen molar-refractivity contribution in [2.75, 3.05) is 7.18 Å². The van der Waals surface area contributed by atoms with E-state index < -0.39 is 23.0 Å². The van der Waals surface area contributed by atoms with Crippen molar-refractivity contribution in [3.63, 3.8) is 0 Å². The summed E-state index contributed by atoms with van der Waals surface area (Å²) in [6.07, 6.45) is -3.34. The minimum atomic E-state index is -4.50. The van der Waals surface area contributed by atoms with Crippen molar-refractivity contribution in [3.8, 4) is 0 Å². The summed E-state index contributed by atoms with van der Waals surface area (Å²) in [7, 11) is 0.500. The van der Waals surface area contributed by atoms with Gasteiger partial charge in [0.05, 0.1) is 23.8 Å². The van der Waals surface area contributed by atoms with Crippen molar-refractivity contribution in [1.29, 1.82) is 0 Å². The Hall–Kier alpha value is -1.90. The summed E-state index contributed by atoms with van der Waals surface area (Å²) in [6, 6.07) is 4.96. The van der Waals surface area contributed by atoms with Crippen LogP contribution in [0.3, 0.4) is 0 Å². The molecule has 0 bridgehead atoms. The predicted molar refractivity (Wildman–Crippen MR) is 76.6 cm³/mol. The van der Waals surface area contributed by atoms with Crippen LogP contribution in [0.15, 0.2) is 44.5 Å². The number of aromatic nitrogens is 2. The second-order valence-electron chi connectivity index (χ2n) is 4.02. The van der Waals surface area contributed by atoms with Crippen LogP contribution in [0, 0.1) is 0 Å². The van der Waals surface area contributed by atoms with Crippen molar-refractivity contribution in [1.82, 2.24) is 9.55 Å². The van der Waals surface area contributed by atoms with E-state index in [9.17, 15) is 27.2 Å². The molecule has 0 saturated heterocycles. The molecule has 0 saturated carbocycles. The van der Waals surface area contributed by atoms with Gasteiger partial charge in [-0.1, -0.05) is 18.2 Å². The van der Waals surface area contributed by atoms with Crippen LogP contribution in [0.2, 0.25) is 0 Å². The molecular formula is C13H11BrF4N2O2. The van der Waals surface area contributed by atoms with Gasteiger partial charge in [-0.05, 0) is 27.6 Å². The van der Waals surface area contributed by atoms with Crippen LogP contribution in [0.5, 0.6) is 0 Å². The van der Waals surface area contributed by atoms with Gasteiger partial charge >= 0.3 is 11.9 Å². The van der Waals surface area contributed by atoms with E-state index in [0.717, 1.165) is 16.8 Å². The second-order valence-corrected chi connectivity index (χ2v) is 4.87. The highest BCUT2D eigenvalue weighted by molar-refractivity contribution is 9.10. The number of alkyl halides is 4. The number of benzene rings is 1. The first-order chi connectivity index (χ1) is 10.3. The molecule has 0 amide bonds. The molecular weight excluding hydrogens is 372 g/mol. The number of halogens is 5. The molecule has 120 valence electrons. The molecule has 1 aromatic heterocycles. The van der Waals surface area contributed by atoms with Gasteiger partial charge in [0.2, 0.25) is 0 Å². The molecule has 0 aliphatic rings. The van der Waals surface area contributed by atoms with E-state index >= 15 is 0 Å². The van der Waals surface area contributed by atoms with Crippen molar-refractivity contribution < 1.29 is 17.6 Å². The van der Waals surface area contributed by atoms with Crippen LogP contribution in [0.4, 0.5) is 17.6 Å². The molecule has 4 nitrogen and oxygen atoms in total. The summed E-state index contributed by atoms with van der Waals surface area (Å²) in [4.78, 5) is 24.7. The van der Waals surface area contributed by atoms with Crippen LogP contribution in [-0.4, -0.2) is 16.7 Å². The molecule has 0 fully saturated rings. The van der Waals surface area contributed by atoms with Crippen molar-refractivity contribution in [3.05, 3.63) is 66.9 Å². The number of hydrogen-bond acceptors (Lipinski definition) is 2. The zero-order valence-electron chi connectivity index (χ0n) is 11.2. The first-order valence-corrected chi connectivity index (χ1v) is 6.60. The van der Waals surface area contributed by atoms with Gasteiger partial charge in [-0.2, -0.15) is 13.2 Å². The molecule has 0 unspecified atom stereocenters. The largest absolute Gasteiger partial charge is 0.416 e. The predicted octanol–water partition coefficient (Wildman–Crippen LogP) is 2.95. The molecule has 0 aliphatic heterocycles. The zero-order chi connectivity index (χ0) is 16.9. The van der Waals surface area contributed by atoms with E-state index in [2.05, 4.69) is 15.9 Å². The van der Waals surface area contributed by atoms with Crippen LogP contribution >= 0.6 is 15.9 Å². The van der Waals surface area contributed by atoms with Crippen molar-refractivity contribution in [2.45, 2.75) is 12.7 Å². The Morgan fingerprint density at radius 1 is 1.18 bits per heavy atom. The van der Waals surface area contributed by atoms with Crippen LogP contribution in [0.25, 0.3) is 0 Å². The second kappa shape index (κ2) is 7.39. The summed E-state index contributed by atoms with van der Waals surface area (Å²) in [5.41, 5.74) is -2.26. The number of rotatable bonds is 2. The normalized spacial score (nSPS) is 10.8. The molecule has 1 N–H and O–H groups in total. The van der Waals surface area contributed by atoms with E-state index in [1.165, 1.54) is 18.2 Å². The highest BCUT2D eigenvalue weighted by Crippen LogP contribution is 2.32. The maximum absolute atomic E-state index is 12.8. The Bertz CT molecular complexity index is 753. The van der Waals surface area contributed by atoms with E-state index in [1.54, 1.807) is 0 Å². The lowest BCUT2D eigenvalue weighted by Crippen LogP contribution is -2.30. The summed E-state index contributed by atoms with van der Waals surface area (Å²) in [5.74, 6) is 0. The summed E-state index contributed by atoms with van der Waals surface area (Å²) in [5, 5.41) is 0. The third-order valence-electron chi connectivity index (χ3n) is 2.63. The Labute approximate surface area is 130 Å². The average molecular weight is 383 g/mol. The standard InChI is InChI=1S/C12H8BrF3N2O2.CH3F/c13-9-6-18(11(20)17-10(9)19)5-7-3-1-2-4-8(7)12(14,15)16;1-2/h1-4,6H,5H2,(H,17,19,20);1H3. The van der Waals surface area contributed by atoms with Crippen LogP contribution < -0.4 is 11.2 Å². The van der Waals surface area contributed by atoms with Gasteiger partial charge in [-0.25, -0.2) is 4.79 Å². The quantitative estimate of drug-likeness (QED) is 0.811. The minimum Gasteiger partial charge on any atom is -0.295 e. The Kier molecular flexibility index (Phi) is 6.10. The Balaban J connectivity index is 0.00000116. The summed E-state index contributed by atoms with van der Waals surface area (Å²) >= 11 is 2.93. The van der Waals surface area contributed by atoms with E-state index in [4.69, 9.17) is 0 Å². The molecule has 9 heteroatoms. The first-order valence-electron chi connectivity index (χ1n) is 5.81. The average Bonchev–Trinajstić information content (AvgIpc) is 2.46. The highest BCUT2D eigenvalue weighted by Gasteiger charge is 2.32. The molecule has 2 aromatic rings. The van der Waals surface area contributed by atoms with Gasteiger partial charge < -0.3 is 0 Å². The summed E-state index contributed by atoms with van der Waals surface area (Å²) < 4.78 is 49.1. The summed E-state index contributed by atoms with van der Waals surface area (Å²) in [6.45, 7) is -0.288. The number of hydrogen-bond donors (Lipinski definition) is 1. The third-order valence-corrected chi connectivity index (χ3v) is 3.20. The highest BCUT2D eigenvalue weighted by atomic mass is 79.9. The van der Waals surface area contributed by atoms with Crippen molar-refractivity contribution >= 4 is 15.9 Å². The third kappa shape index (κ3) is 4.30. The van der Waals surface area contributed by atoms with E-state index in [1.807, 2.05) is 4.98 Å². The fourth-order valence-corrected chi connectivity index (χ4v) is 2.06. The lowest BCUT2D eigenvalue weighted by atomic mass is 10.1. The maximum Gasteiger partial charge on any atom is 0.416 e. The van der Waals surface area contributed by atoms with Gasteiger partial charge in [-0.3, -0.25) is 18.7 Å². The molecule has 22 heavy (non-hydrogen) atoms. The van der Waals surface area contributed by atoms with Gasteiger partial charge in [0.15, 0.2) is 0 Å². The van der Waals surface area contributed by atoms with Gasteiger partial charge in [0.1, 0.15) is 0 Å². The molecule has 1 heterocycles. The van der Waals surface area contributed by atoms with Crippen LogP contribution in [0.1, 0.15) is 11.1 Å². The number of nitrogens with zero attached hydrogens (tertiary/aromatic N) is 1. The molecule has 0 spiro atoms. The lowest BCUT2D eigenvalue weighted by Gasteiger charge is -2.13. The molecule has 0 atom stereocenters. The van der Waals surface area contributed by atoms with Crippen LogP contribution in [-0.2, 0) is 12.7 Å². The number of H-pyrrole nitrogens is 1. The molecule has 2 rings (SSSR count). The Morgan fingerprint density at radius 2 is 1.77 bits per heavy atom. The zero-order valence-corrected chi connectivity index (χ0v) is 12.8. The lowest BCUT2D eigenvalue weighted by molar-refractivity contribution is -0.138. The number of aromatic amines is 1. The molecule has 0 aliphatic carbocycles. The van der Waals surface area contributed by atoms with Crippen molar-refractivity contribution in [2.24, 2.45) is 0 Å². The van der Waals surface area contributed by atoms with Gasteiger partial charge in [-0.15, -0.1) is 0 Å². The van der Waals surface area contributed by atoms with Gasteiger partial charge in [0.25, 0.3) is 5.56 Å². The Morgan fingerprint density at radius 3 is 2.36 bits per heavy atom. The topological polar surface area (TPSA) is 54.9 Å². The monoisotopic (exact) mass is 382 g/mol. The first kappa shape index (κ1) is 18.1. The molecule has 0 radical (unpaired) electrons. The smallest absolute Gasteiger partial charge is 0.295 e. The van der Waals surface area contributed by atoms with Gasteiger partial charge in [0, 0.05) is 6.20 Å². The fraction of sp³-hybridized carbons (Fsp3) is 0.231. The SMILES string of the molecule is CF.O=c1[nH]c(=O)n(Cc2ccccc2C(F)(F)F)cc1Br. The number of nitrogens with one attached hydrogen (secondary N) is 1.